The molecule has 0 bridgehead atoms. The van der Waals surface area contributed by atoms with Crippen LogP contribution in [0.1, 0.15) is 41.4 Å². The first-order valence-electron chi connectivity index (χ1n) is 9.63. The third-order valence-electron chi connectivity index (χ3n) is 5.33. The highest BCUT2D eigenvalue weighted by Crippen LogP contribution is 2.30. The standard InChI is InChI=1S/C21H24N2O4/c1-14(20(24)23-10-12-26-13-11-23)27-21(25)19-15-6-2-4-8-17(15)22-18-9-5-3-7-16(18)19/h2,4,6,8,14H,3,5,7,9-13H2,1H3. The largest absolute Gasteiger partial charge is 0.449 e. The molecule has 0 radical (unpaired) electrons. The van der Waals surface area contributed by atoms with E-state index in [-0.39, 0.29) is 5.91 Å². The molecule has 1 unspecified atom stereocenters. The molecule has 0 spiro atoms. The third kappa shape index (κ3) is 3.54. The molecule has 0 N–H and O–H groups in total. The number of amides is 1. The highest BCUT2D eigenvalue weighted by molar-refractivity contribution is 6.05. The number of aromatic nitrogens is 1. The Labute approximate surface area is 158 Å². The van der Waals surface area contributed by atoms with E-state index in [1.807, 2.05) is 24.3 Å². The van der Waals surface area contributed by atoms with Gasteiger partial charge in [-0.15, -0.1) is 0 Å². The Morgan fingerprint density at radius 1 is 1.15 bits per heavy atom. The molecule has 1 fully saturated rings. The Balaban J connectivity index is 1.63. The fourth-order valence-electron chi connectivity index (χ4n) is 3.92. The van der Waals surface area contributed by atoms with Gasteiger partial charge in [-0.3, -0.25) is 9.78 Å². The average Bonchev–Trinajstić information content (AvgIpc) is 2.71. The minimum absolute atomic E-state index is 0.168. The van der Waals surface area contributed by atoms with Crippen molar-refractivity contribution < 1.29 is 19.1 Å². The number of rotatable bonds is 3. The number of morpholine rings is 1. The van der Waals surface area contributed by atoms with E-state index in [1.54, 1.807) is 11.8 Å². The molecular formula is C21H24N2O4. The van der Waals surface area contributed by atoms with Crippen LogP contribution in [0, 0.1) is 0 Å². The van der Waals surface area contributed by atoms with E-state index in [0.717, 1.165) is 47.8 Å². The summed E-state index contributed by atoms with van der Waals surface area (Å²) in [6.45, 7) is 3.76. The van der Waals surface area contributed by atoms with Crippen molar-refractivity contribution in [3.8, 4) is 0 Å². The predicted octanol–water partition coefficient (Wildman–Crippen LogP) is 2.52. The van der Waals surface area contributed by atoms with Gasteiger partial charge in [0.2, 0.25) is 0 Å². The van der Waals surface area contributed by atoms with Crippen LogP contribution >= 0.6 is 0 Å². The van der Waals surface area contributed by atoms with Crippen LogP contribution in [0.4, 0.5) is 0 Å². The van der Waals surface area contributed by atoms with Crippen molar-refractivity contribution in [2.45, 2.75) is 38.7 Å². The van der Waals surface area contributed by atoms with E-state index in [1.165, 1.54) is 0 Å². The number of pyridine rings is 1. The summed E-state index contributed by atoms with van der Waals surface area (Å²) in [4.78, 5) is 32.1. The molecule has 1 aromatic heterocycles. The Bertz CT molecular complexity index is 874. The molecule has 1 aromatic carbocycles. The number of hydrogen-bond donors (Lipinski definition) is 0. The van der Waals surface area contributed by atoms with Gasteiger partial charge in [-0.2, -0.15) is 0 Å². The van der Waals surface area contributed by atoms with Gasteiger partial charge in [0, 0.05) is 24.2 Å². The zero-order valence-corrected chi connectivity index (χ0v) is 15.6. The molecule has 1 atom stereocenters. The molecule has 6 heteroatoms. The van der Waals surface area contributed by atoms with E-state index in [0.29, 0.717) is 31.9 Å². The minimum Gasteiger partial charge on any atom is -0.449 e. The van der Waals surface area contributed by atoms with E-state index in [2.05, 4.69) is 0 Å². The van der Waals surface area contributed by atoms with Gasteiger partial charge in [-0.1, -0.05) is 18.2 Å². The van der Waals surface area contributed by atoms with E-state index < -0.39 is 12.1 Å². The van der Waals surface area contributed by atoms with E-state index in [9.17, 15) is 9.59 Å². The van der Waals surface area contributed by atoms with Crippen molar-refractivity contribution in [1.29, 1.82) is 0 Å². The highest BCUT2D eigenvalue weighted by atomic mass is 16.5. The number of esters is 1. The first kappa shape index (κ1) is 17.9. The molecule has 4 rings (SSSR count). The maximum absolute atomic E-state index is 13.1. The van der Waals surface area contributed by atoms with Crippen LogP contribution in [0.5, 0.6) is 0 Å². The van der Waals surface area contributed by atoms with E-state index in [4.69, 9.17) is 14.5 Å². The molecule has 1 aliphatic heterocycles. The number of para-hydroxylation sites is 1. The molecule has 1 aliphatic carbocycles. The van der Waals surface area contributed by atoms with Crippen molar-refractivity contribution in [3.63, 3.8) is 0 Å². The number of benzene rings is 1. The number of aryl methyl sites for hydroxylation is 1. The molecule has 1 saturated heterocycles. The smallest absolute Gasteiger partial charge is 0.339 e. The molecule has 2 aliphatic rings. The Kier molecular flexibility index (Phi) is 5.07. The van der Waals surface area contributed by atoms with Crippen LogP contribution in [0.25, 0.3) is 10.9 Å². The Morgan fingerprint density at radius 2 is 1.89 bits per heavy atom. The monoisotopic (exact) mass is 368 g/mol. The first-order valence-corrected chi connectivity index (χ1v) is 9.63. The van der Waals surface area contributed by atoms with Gasteiger partial charge < -0.3 is 14.4 Å². The Morgan fingerprint density at radius 3 is 2.70 bits per heavy atom. The molecule has 2 heterocycles. The average molecular weight is 368 g/mol. The quantitative estimate of drug-likeness (QED) is 0.779. The lowest BCUT2D eigenvalue weighted by molar-refractivity contribution is -0.143. The number of carbonyl (C=O) groups is 2. The van der Waals surface area contributed by atoms with Gasteiger partial charge in [0.25, 0.3) is 5.91 Å². The van der Waals surface area contributed by atoms with Crippen molar-refractivity contribution in [1.82, 2.24) is 9.88 Å². The molecule has 2 aromatic rings. The second-order valence-electron chi connectivity index (χ2n) is 7.12. The summed E-state index contributed by atoms with van der Waals surface area (Å²) in [5.74, 6) is -0.597. The van der Waals surface area contributed by atoms with Crippen LogP contribution in [0.2, 0.25) is 0 Å². The summed E-state index contributed by atoms with van der Waals surface area (Å²) >= 11 is 0. The fraction of sp³-hybridized carbons (Fsp3) is 0.476. The van der Waals surface area contributed by atoms with Crippen LogP contribution in [-0.2, 0) is 27.1 Å². The second-order valence-corrected chi connectivity index (χ2v) is 7.12. The van der Waals surface area contributed by atoms with Gasteiger partial charge in [-0.25, -0.2) is 4.79 Å². The van der Waals surface area contributed by atoms with Gasteiger partial charge in [0.15, 0.2) is 6.10 Å². The topological polar surface area (TPSA) is 68.7 Å². The maximum atomic E-state index is 13.1. The van der Waals surface area contributed by atoms with Crippen molar-refractivity contribution in [2.24, 2.45) is 0 Å². The number of carbonyl (C=O) groups excluding carboxylic acids is 2. The lowest BCUT2D eigenvalue weighted by atomic mass is 9.90. The predicted molar refractivity (Wildman–Crippen MR) is 101 cm³/mol. The van der Waals surface area contributed by atoms with Crippen molar-refractivity contribution in [2.75, 3.05) is 26.3 Å². The fourth-order valence-corrected chi connectivity index (χ4v) is 3.92. The summed E-state index contributed by atoms with van der Waals surface area (Å²) in [6, 6.07) is 7.65. The summed E-state index contributed by atoms with van der Waals surface area (Å²) in [6.07, 6.45) is 3.00. The van der Waals surface area contributed by atoms with Crippen LogP contribution in [0.3, 0.4) is 0 Å². The van der Waals surface area contributed by atoms with Crippen molar-refractivity contribution in [3.05, 3.63) is 41.1 Å². The van der Waals surface area contributed by atoms with Crippen molar-refractivity contribution >= 4 is 22.8 Å². The van der Waals surface area contributed by atoms with Crippen LogP contribution in [0.15, 0.2) is 24.3 Å². The summed E-state index contributed by atoms with van der Waals surface area (Å²) in [7, 11) is 0. The number of nitrogens with zero attached hydrogens (tertiary/aromatic N) is 2. The van der Waals surface area contributed by atoms with Crippen LogP contribution < -0.4 is 0 Å². The van der Waals surface area contributed by atoms with Crippen LogP contribution in [-0.4, -0.2) is 54.2 Å². The SMILES string of the molecule is CC(OC(=O)c1c2c(nc3ccccc13)CCCC2)C(=O)N1CCOCC1. The van der Waals surface area contributed by atoms with E-state index >= 15 is 0 Å². The lowest BCUT2D eigenvalue weighted by Crippen LogP contribution is -2.46. The van der Waals surface area contributed by atoms with Gasteiger partial charge in [-0.05, 0) is 44.2 Å². The zero-order valence-electron chi connectivity index (χ0n) is 15.6. The summed E-state index contributed by atoms with van der Waals surface area (Å²) < 4.78 is 10.9. The lowest BCUT2D eigenvalue weighted by Gasteiger charge is -2.29. The number of fused-ring (bicyclic) bond motifs is 2. The van der Waals surface area contributed by atoms with Gasteiger partial charge >= 0.3 is 5.97 Å². The third-order valence-corrected chi connectivity index (χ3v) is 5.33. The maximum Gasteiger partial charge on any atom is 0.339 e. The van der Waals surface area contributed by atoms with Gasteiger partial charge in [0.05, 0.1) is 24.3 Å². The molecular weight excluding hydrogens is 344 g/mol. The number of hydrogen-bond acceptors (Lipinski definition) is 5. The molecule has 142 valence electrons. The normalized spacial score (nSPS) is 18.0. The highest BCUT2D eigenvalue weighted by Gasteiger charge is 2.29. The number of ether oxygens (including phenoxy) is 2. The van der Waals surface area contributed by atoms with Gasteiger partial charge in [0.1, 0.15) is 0 Å². The summed E-state index contributed by atoms with van der Waals surface area (Å²) in [5, 5.41) is 0.800. The molecule has 0 saturated carbocycles. The summed E-state index contributed by atoms with van der Waals surface area (Å²) in [5.41, 5.74) is 3.35. The first-order chi connectivity index (χ1) is 13.1. The zero-order chi connectivity index (χ0) is 18.8. The molecule has 6 nitrogen and oxygen atoms in total. The second kappa shape index (κ2) is 7.64. The minimum atomic E-state index is -0.818. The molecule has 1 amide bonds. The molecule has 27 heavy (non-hydrogen) atoms. The Hall–Kier alpha value is -2.47.